The van der Waals surface area contributed by atoms with E-state index in [0.717, 1.165) is 11.1 Å². The highest BCUT2D eigenvalue weighted by molar-refractivity contribution is 5.85. The fraction of sp³-hybridized carbons (Fsp3) is 0.333. The molecule has 0 aromatic heterocycles. The lowest BCUT2D eigenvalue weighted by molar-refractivity contribution is -0.134. The molecule has 0 bridgehead atoms. The van der Waals surface area contributed by atoms with Gasteiger partial charge in [0.1, 0.15) is 11.9 Å². The van der Waals surface area contributed by atoms with Gasteiger partial charge < -0.3 is 15.2 Å². The van der Waals surface area contributed by atoms with Gasteiger partial charge in [0, 0.05) is 25.4 Å². The molecule has 2 amide bonds. The zero-order valence-corrected chi connectivity index (χ0v) is 17.7. The van der Waals surface area contributed by atoms with E-state index in [9.17, 15) is 14.0 Å². The first-order chi connectivity index (χ1) is 14.9. The van der Waals surface area contributed by atoms with Gasteiger partial charge in [-0.05, 0) is 43.5 Å². The van der Waals surface area contributed by atoms with Crippen LogP contribution in [0.15, 0.2) is 60.9 Å². The largest absolute Gasteiger partial charge is 0.350 e. The van der Waals surface area contributed by atoms with Crippen LogP contribution in [-0.2, 0) is 9.59 Å². The second-order valence-electron chi connectivity index (χ2n) is 8.17. The zero-order chi connectivity index (χ0) is 22.0. The molecule has 2 heterocycles. The Bertz CT molecular complexity index is 974. The molecule has 0 aliphatic carbocycles. The minimum absolute atomic E-state index is 0.0426. The molecular weight excluding hydrogens is 395 g/mol. The summed E-state index contributed by atoms with van der Waals surface area (Å²) in [5.41, 5.74) is 6.45. The average molecular weight is 423 g/mol. The van der Waals surface area contributed by atoms with Gasteiger partial charge in [0.15, 0.2) is 0 Å². The molecule has 7 heteroatoms. The predicted molar refractivity (Wildman–Crippen MR) is 116 cm³/mol. The minimum Gasteiger partial charge on any atom is -0.350 e. The molecule has 0 radical (unpaired) electrons. The van der Waals surface area contributed by atoms with Gasteiger partial charge in [-0.1, -0.05) is 42.0 Å². The number of aryl methyl sites for hydroxylation is 1. The van der Waals surface area contributed by atoms with Crippen LogP contribution in [0.25, 0.3) is 0 Å². The maximum Gasteiger partial charge on any atom is 0.250 e. The van der Waals surface area contributed by atoms with Crippen LogP contribution in [0.2, 0.25) is 0 Å². The van der Waals surface area contributed by atoms with Gasteiger partial charge in [0.05, 0.1) is 12.1 Å². The highest BCUT2D eigenvalue weighted by Gasteiger charge is 2.39. The molecule has 1 saturated heterocycles. The Balaban J connectivity index is 1.30. The molecule has 1 fully saturated rings. The monoisotopic (exact) mass is 422 g/mol. The topological polar surface area (TPSA) is 64.7 Å². The van der Waals surface area contributed by atoms with Gasteiger partial charge in [0.25, 0.3) is 5.91 Å². The fourth-order valence-corrected chi connectivity index (χ4v) is 4.01. The summed E-state index contributed by atoms with van der Waals surface area (Å²) < 4.78 is 13.2. The Hall–Kier alpha value is -3.19. The van der Waals surface area contributed by atoms with Crippen LogP contribution in [-0.4, -0.2) is 34.3 Å². The third-order valence-electron chi connectivity index (χ3n) is 5.88. The summed E-state index contributed by atoms with van der Waals surface area (Å²) >= 11 is 0. The van der Waals surface area contributed by atoms with Crippen LogP contribution < -0.4 is 10.7 Å². The molecule has 3 atom stereocenters. The summed E-state index contributed by atoms with van der Waals surface area (Å²) in [5, 5.41) is 4.79. The maximum atomic E-state index is 13.2. The highest BCUT2D eigenvalue weighted by Crippen LogP contribution is 2.30. The highest BCUT2D eigenvalue weighted by atomic mass is 19.1. The van der Waals surface area contributed by atoms with Crippen LogP contribution in [0.3, 0.4) is 0 Å². The maximum absolute atomic E-state index is 13.2. The van der Waals surface area contributed by atoms with Crippen LogP contribution >= 0.6 is 0 Å². The van der Waals surface area contributed by atoms with Gasteiger partial charge >= 0.3 is 0 Å². The van der Waals surface area contributed by atoms with Crippen molar-refractivity contribution in [2.75, 3.05) is 6.54 Å². The van der Waals surface area contributed by atoms with Gasteiger partial charge in [-0.2, -0.15) is 0 Å². The fourth-order valence-electron chi connectivity index (χ4n) is 4.01. The van der Waals surface area contributed by atoms with Crippen molar-refractivity contribution in [2.24, 2.45) is 0 Å². The minimum atomic E-state index is -0.338. The van der Waals surface area contributed by atoms with Gasteiger partial charge in [-0.25, -0.2) is 9.82 Å². The lowest BCUT2D eigenvalue weighted by atomic mass is 10.0. The lowest BCUT2D eigenvalue weighted by Gasteiger charge is -2.31. The third kappa shape index (κ3) is 4.77. The molecule has 3 unspecified atom stereocenters. The standard InChI is InChI=1S/C24H27FN4O2/c1-16-3-5-18(6-4-16)17(2)26-23(30)11-12-28-13-14-29-22(24(28)31)15-21(27-29)19-7-9-20(25)10-8-19/h3-10,13-14,17,21-22,27H,11-12,15H2,1-2H3,(H,26,30). The summed E-state index contributed by atoms with van der Waals surface area (Å²) in [6, 6.07) is 13.9. The molecule has 4 rings (SSSR count). The number of amides is 2. The van der Waals surface area contributed by atoms with Gasteiger partial charge in [-0.3, -0.25) is 9.59 Å². The van der Waals surface area contributed by atoms with Crippen molar-refractivity contribution in [3.05, 3.63) is 83.4 Å². The summed E-state index contributed by atoms with van der Waals surface area (Å²) in [4.78, 5) is 26.9. The molecule has 2 aliphatic rings. The Morgan fingerprint density at radius 3 is 2.58 bits per heavy atom. The number of fused-ring (bicyclic) bond motifs is 1. The quantitative estimate of drug-likeness (QED) is 0.750. The molecule has 2 N–H and O–H groups in total. The van der Waals surface area contributed by atoms with Crippen molar-refractivity contribution in [3.8, 4) is 0 Å². The summed E-state index contributed by atoms with van der Waals surface area (Å²) in [6.45, 7) is 4.30. The van der Waals surface area contributed by atoms with Crippen molar-refractivity contribution in [2.45, 2.75) is 44.8 Å². The van der Waals surface area contributed by atoms with E-state index in [0.29, 0.717) is 13.0 Å². The summed E-state index contributed by atoms with van der Waals surface area (Å²) in [5.74, 6) is -0.416. The number of carbonyl (C=O) groups excluding carboxylic acids is 2. The molecule has 2 aliphatic heterocycles. The molecule has 2 aromatic carbocycles. The van der Waals surface area contributed by atoms with Gasteiger partial charge in [0.2, 0.25) is 5.91 Å². The number of hydrogen-bond acceptors (Lipinski definition) is 4. The Morgan fingerprint density at radius 1 is 1.16 bits per heavy atom. The van der Waals surface area contributed by atoms with E-state index < -0.39 is 0 Å². The first kappa shape index (κ1) is 21.1. The molecule has 0 saturated carbocycles. The Labute approximate surface area is 181 Å². The van der Waals surface area contributed by atoms with Crippen molar-refractivity contribution in [1.82, 2.24) is 20.7 Å². The number of halogens is 1. The predicted octanol–water partition coefficient (Wildman–Crippen LogP) is 3.34. The second-order valence-corrected chi connectivity index (χ2v) is 8.17. The van der Waals surface area contributed by atoms with Crippen LogP contribution in [0.1, 0.15) is 48.5 Å². The molecule has 162 valence electrons. The van der Waals surface area contributed by atoms with Crippen LogP contribution in [0.4, 0.5) is 4.39 Å². The number of rotatable bonds is 6. The van der Waals surface area contributed by atoms with Crippen LogP contribution in [0, 0.1) is 12.7 Å². The Morgan fingerprint density at radius 2 is 1.87 bits per heavy atom. The number of hydrazine groups is 1. The first-order valence-electron chi connectivity index (χ1n) is 10.6. The molecule has 31 heavy (non-hydrogen) atoms. The lowest BCUT2D eigenvalue weighted by Crippen LogP contribution is -2.48. The molecule has 6 nitrogen and oxygen atoms in total. The Kier molecular flexibility index (Phi) is 6.04. The zero-order valence-electron chi connectivity index (χ0n) is 17.7. The van der Waals surface area contributed by atoms with E-state index in [1.165, 1.54) is 17.7 Å². The molecule has 0 spiro atoms. The number of hydrogen-bond donors (Lipinski definition) is 2. The van der Waals surface area contributed by atoms with Crippen molar-refractivity contribution in [1.29, 1.82) is 0 Å². The SMILES string of the molecule is Cc1ccc(C(C)NC(=O)CCN2C=CN3NC(c4ccc(F)cc4)CC3C2=O)cc1. The smallest absolute Gasteiger partial charge is 0.250 e. The third-order valence-corrected chi connectivity index (χ3v) is 5.88. The summed E-state index contributed by atoms with van der Waals surface area (Å²) in [7, 11) is 0. The number of nitrogens with zero attached hydrogens (tertiary/aromatic N) is 2. The van der Waals surface area contributed by atoms with Crippen molar-refractivity contribution in [3.63, 3.8) is 0 Å². The number of nitrogens with one attached hydrogen (secondary N) is 2. The second kappa shape index (κ2) is 8.89. The van der Waals surface area contributed by atoms with Crippen LogP contribution in [0.5, 0.6) is 0 Å². The normalized spacial score (nSPS) is 21.2. The van der Waals surface area contributed by atoms with Crippen molar-refractivity contribution < 1.29 is 14.0 Å². The average Bonchev–Trinajstić information content (AvgIpc) is 3.19. The van der Waals surface area contributed by atoms with E-state index in [1.54, 1.807) is 28.2 Å². The first-order valence-corrected chi connectivity index (χ1v) is 10.6. The molecular formula is C24H27FN4O2. The van der Waals surface area contributed by atoms with E-state index in [1.807, 2.05) is 44.3 Å². The molecule has 2 aromatic rings. The van der Waals surface area contributed by atoms with E-state index in [4.69, 9.17) is 0 Å². The van der Waals surface area contributed by atoms with Gasteiger partial charge in [-0.15, -0.1) is 0 Å². The van der Waals surface area contributed by atoms with Crippen molar-refractivity contribution >= 4 is 11.8 Å². The summed E-state index contributed by atoms with van der Waals surface area (Å²) in [6.07, 6.45) is 4.34. The number of carbonyl (C=O) groups is 2. The number of benzene rings is 2. The van der Waals surface area contributed by atoms with E-state index >= 15 is 0 Å². The van der Waals surface area contributed by atoms with E-state index in [2.05, 4.69) is 10.7 Å². The van der Waals surface area contributed by atoms with E-state index in [-0.39, 0.29) is 42.2 Å².